The van der Waals surface area contributed by atoms with Gasteiger partial charge in [-0.1, -0.05) is 30.3 Å². The molecule has 0 aliphatic carbocycles. The minimum Gasteiger partial charge on any atom is -0.466 e. The molecule has 0 fully saturated rings. The summed E-state index contributed by atoms with van der Waals surface area (Å²) < 4.78 is 6.38. The lowest BCUT2D eigenvalue weighted by molar-refractivity contribution is -0.144. The average molecular weight is 286 g/mol. The van der Waals surface area contributed by atoms with E-state index in [0.717, 1.165) is 11.1 Å². The predicted molar refractivity (Wildman–Crippen MR) is 78.5 cm³/mol. The van der Waals surface area contributed by atoms with Crippen LogP contribution in [0.4, 0.5) is 0 Å². The highest BCUT2D eigenvalue weighted by Gasteiger charge is 2.09. The Morgan fingerprint density at radius 3 is 2.62 bits per heavy atom. The van der Waals surface area contributed by atoms with Crippen molar-refractivity contribution in [3.8, 4) is 11.1 Å². The molecule has 110 valence electrons. The molecule has 0 unspecified atom stereocenters. The summed E-state index contributed by atoms with van der Waals surface area (Å²) in [4.78, 5) is 23.0. The van der Waals surface area contributed by atoms with E-state index in [1.54, 1.807) is 17.8 Å². The smallest absolute Gasteiger partial charge is 0.306 e. The standard InChI is InChI=1S/C16H18N2O3/c1-2-21-16(20)9-8-15(19)12-18-11-14(10-17-18)13-6-4-3-5-7-13/h3-7,10-11H,2,8-9,12H2,1H3. The second-order valence-electron chi connectivity index (χ2n) is 4.64. The Morgan fingerprint density at radius 2 is 1.90 bits per heavy atom. The number of Topliss-reactive ketones (excluding diaryl/α,β-unsaturated/α-hetero) is 1. The SMILES string of the molecule is CCOC(=O)CCC(=O)Cn1cc(-c2ccccc2)cn1. The van der Waals surface area contributed by atoms with Gasteiger partial charge < -0.3 is 4.74 Å². The van der Waals surface area contributed by atoms with Crippen molar-refractivity contribution in [2.45, 2.75) is 26.3 Å². The summed E-state index contributed by atoms with van der Waals surface area (Å²) in [7, 11) is 0. The quantitative estimate of drug-likeness (QED) is 0.734. The van der Waals surface area contributed by atoms with Crippen molar-refractivity contribution < 1.29 is 14.3 Å². The van der Waals surface area contributed by atoms with Gasteiger partial charge in [-0.2, -0.15) is 5.10 Å². The van der Waals surface area contributed by atoms with Gasteiger partial charge in [0.15, 0.2) is 5.78 Å². The molecule has 2 aromatic rings. The van der Waals surface area contributed by atoms with E-state index in [-0.39, 0.29) is 31.1 Å². The maximum Gasteiger partial charge on any atom is 0.306 e. The molecule has 1 aromatic carbocycles. The summed E-state index contributed by atoms with van der Waals surface area (Å²) in [5, 5.41) is 4.18. The van der Waals surface area contributed by atoms with Gasteiger partial charge in [0, 0.05) is 18.2 Å². The molecule has 21 heavy (non-hydrogen) atoms. The fourth-order valence-corrected chi connectivity index (χ4v) is 1.96. The molecule has 0 N–H and O–H groups in total. The zero-order chi connectivity index (χ0) is 15.1. The third-order valence-corrected chi connectivity index (χ3v) is 2.99. The lowest BCUT2D eigenvalue weighted by atomic mass is 10.1. The molecule has 0 radical (unpaired) electrons. The molecule has 0 aliphatic heterocycles. The number of hydrogen-bond acceptors (Lipinski definition) is 4. The third-order valence-electron chi connectivity index (χ3n) is 2.99. The summed E-state index contributed by atoms with van der Waals surface area (Å²) in [6.45, 7) is 2.26. The van der Waals surface area contributed by atoms with Gasteiger partial charge in [0.2, 0.25) is 0 Å². The van der Waals surface area contributed by atoms with Gasteiger partial charge in [-0.05, 0) is 12.5 Å². The molecule has 1 aromatic heterocycles. The molecule has 2 rings (SSSR count). The predicted octanol–water partition coefficient (Wildman–Crippen LogP) is 2.46. The number of carbonyl (C=O) groups excluding carboxylic acids is 2. The summed E-state index contributed by atoms with van der Waals surface area (Å²) in [6.07, 6.45) is 3.87. The minimum atomic E-state index is -0.337. The van der Waals surface area contributed by atoms with E-state index in [9.17, 15) is 9.59 Å². The third kappa shape index (κ3) is 4.56. The van der Waals surface area contributed by atoms with Gasteiger partial charge in [-0.3, -0.25) is 14.3 Å². The van der Waals surface area contributed by atoms with Crippen molar-refractivity contribution in [3.63, 3.8) is 0 Å². The molecule has 5 heteroatoms. The van der Waals surface area contributed by atoms with Crippen molar-refractivity contribution in [2.24, 2.45) is 0 Å². The topological polar surface area (TPSA) is 61.2 Å². The van der Waals surface area contributed by atoms with E-state index in [4.69, 9.17) is 4.74 Å². The van der Waals surface area contributed by atoms with Crippen LogP contribution in [0, 0.1) is 0 Å². The van der Waals surface area contributed by atoms with Gasteiger partial charge >= 0.3 is 5.97 Å². The van der Waals surface area contributed by atoms with Gasteiger partial charge in [-0.25, -0.2) is 0 Å². The number of nitrogens with zero attached hydrogens (tertiary/aromatic N) is 2. The largest absolute Gasteiger partial charge is 0.466 e. The number of hydrogen-bond donors (Lipinski definition) is 0. The van der Waals surface area contributed by atoms with Crippen molar-refractivity contribution >= 4 is 11.8 Å². The second kappa shape index (κ2) is 7.38. The van der Waals surface area contributed by atoms with E-state index in [1.807, 2.05) is 36.5 Å². The first-order valence-corrected chi connectivity index (χ1v) is 6.94. The van der Waals surface area contributed by atoms with Gasteiger partial charge in [0.05, 0.1) is 25.8 Å². The first kappa shape index (κ1) is 15.0. The Kier molecular flexibility index (Phi) is 5.26. The molecule has 0 bridgehead atoms. The molecule has 0 saturated heterocycles. The lowest BCUT2D eigenvalue weighted by Gasteiger charge is -2.02. The van der Waals surface area contributed by atoms with Gasteiger partial charge in [0.1, 0.15) is 0 Å². The van der Waals surface area contributed by atoms with Gasteiger partial charge in [0.25, 0.3) is 0 Å². The maximum absolute atomic E-state index is 11.8. The Morgan fingerprint density at radius 1 is 1.14 bits per heavy atom. The Labute approximate surface area is 123 Å². The summed E-state index contributed by atoms with van der Waals surface area (Å²) in [6, 6.07) is 9.84. The second-order valence-corrected chi connectivity index (χ2v) is 4.64. The van der Waals surface area contributed by atoms with Crippen LogP contribution in [0.1, 0.15) is 19.8 Å². The van der Waals surface area contributed by atoms with Crippen LogP contribution < -0.4 is 0 Å². The number of benzene rings is 1. The molecule has 1 heterocycles. The highest BCUT2D eigenvalue weighted by Crippen LogP contribution is 2.17. The zero-order valence-electron chi connectivity index (χ0n) is 12.0. The fourth-order valence-electron chi connectivity index (χ4n) is 1.96. The van der Waals surface area contributed by atoms with E-state index < -0.39 is 0 Å². The van der Waals surface area contributed by atoms with Crippen molar-refractivity contribution in [3.05, 3.63) is 42.7 Å². The molecule has 0 aliphatic rings. The Bertz CT molecular complexity index is 605. The number of rotatable bonds is 7. The molecule has 5 nitrogen and oxygen atoms in total. The van der Waals surface area contributed by atoms with Crippen LogP contribution in [0.2, 0.25) is 0 Å². The normalized spacial score (nSPS) is 10.3. The van der Waals surface area contributed by atoms with Crippen LogP contribution in [0.5, 0.6) is 0 Å². The highest BCUT2D eigenvalue weighted by atomic mass is 16.5. The van der Waals surface area contributed by atoms with E-state index >= 15 is 0 Å². The van der Waals surface area contributed by atoms with Crippen molar-refractivity contribution in [2.75, 3.05) is 6.61 Å². The molecular formula is C16H18N2O3. The van der Waals surface area contributed by atoms with Crippen LogP contribution in [0.3, 0.4) is 0 Å². The van der Waals surface area contributed by atoms with Crippen LogP contribution >= 0.6 is 0 Å². The molecule has 0 spiro atoms. The van der Waals surface area contributed by atoms with Crippen molar-refractivity contribution in [1.29, 1.82) is 0 Å². The summed E-state index contributed by atoms with van der Waals surface area (Å²) >= 11 is 0. The number of carbonyl (C=O) groups is 2. The Balaban J connectivity index is 1.88. The Hall–Kier alpha value is -2.43. The van der Waals surface area contributed by atoms with E-state index in [2.05, 4.69) is 5.10 Å². The molecule has 0 saturated carbocycles. The summed E-state index contributed by atoms with van der Waals surface area (Å²) in [5.74, 6) is -0.373. The monoisotopic (exact) mass is 286 g/mol. The number of aromatic nitrogens is 2. The number of ketones is 1. The van der Waals surface area contributed by atoms with Crippen LogP contribution in [-0.2, 0) is 20.9 Å². The highest BCUT2D eigenvalue weighted by molar-refractivity contribution is 5.82. The van der Waals surface area contributed by atoms with Crippen LogP contribution in [-0.4, -0.2) is 28.1 Å². The molecule has 0 atom stereocenters. The average Bonchev–Trinajstić information content (AvgIpc) is 2.95. The number of esters is 1. The van der Waals surface area contributed by atoms with Crippen molar-refractivity contribution in [1.82, 2.24) is 9.78 Å². The first-order valence-electron chi connectivity index (χ1n) is 6.94. The van der Waals surface area contributed by atoms with E-state index in [1.165, 1.54) is 0 Å². The van der Waals surface area contributed by atoms with Crippen LogP contribution in [0.15, 0.2) is 42.7 Å². The van der Waals surface area contributed by atoms with Gasteiger partial charge in [-0.15, -0.1) is 0 Å². The van der Waals surface area contributed by atoms with Crippen LogP contribution in [0.25, 0.3) is 11.1 Å². The molecular weight excluding hydrogens is 268 g/mol. The zero-order valence-corrected chi connectivity index (χ0v) is 12.0. The van der Waals surface area contributed by atoms with E-state index in [0.29, 0.717) is 6.61 Å². The maximum atomic E-state index is 11.8. The minimum absolute atomic E-state index is 0.0363. The molecule has 0 amide bonds. The first-order chi connectivity index (χ1) is 10.2. The number of ether oxygens (including phenoxy) is 1. The lowest BCUT2D eigenvalue weighted by Crippen LogP contribution is -2.13. The fraction of sp³-hybridized carbons (Fsp3) is 0.312. The summed E-state index contributed by atoms with van der Waals surface area (Å²) in [5.41, 5.74) is 2.02.